The summed E-state index contributed by atoms with van der Waals surface area (Å²) in [5.41, 5.74) is 0.518. The van der Waals surface area contributed by atoms with Crippen LogP contribution >= 0.6 is 0 Å². The van der Waals surface area contributed by atoms with Crippen molar-refractivity contribution in [3.63, 3.8) is 0 Å². The van der Waals surface area contributed by atoms with E-state index in [-0.39, 0.29) is 16.6 Å². The van der Waals surface area contributed by atoms with E-state index >= 15 is 0 Å². The maximum atomic E-state index is 12.1. The fourth-order valence-electron chi connectivity index (χ4n) is 1.89. The van der Waals surface area contributed by atoms with Crippen molar-refractivity contribution in [2.24, 2.45) is 5.92 Å². The zero-order valence-electron chi connectivity index (χ0n) is 11.1. The molecule has 0 saturated heterocycles. The summed E-state index contributed by atoms with van der Waals surface area (Å²) >= 11 is 0. The highest BCUT2D eigenvalue weighted by Gasteiger charge is 2.18. The van der Waals surface area contributed by atoms with Crippen LogP contribution in [0, 0.1) is 17.2 Å². The number of hydrogen-bond acceptors (Lipinski definition) is 4. The van der Waals surface area contributed by atoms with Crippen molar-refractivity contribution in [3.05, 3.63) is 29.8 Å². The molecule has 102 valence electrons. The first-order chi connectivity index (χ1) is 8.96. The third-order valence-electron chi connectivity index (χ3n) is 3.11. The smallest absolute Gasteiger partial charge is 0.191 e. The number of hydrogen-bond donors (Lipinski definition) is 0. The van der Waals surface area contributed by atoms with Crippen molar-refractivity contribution >= 4 is 15.6 Å². The molecule has 0 aliphatic carbocycles. The number of ketones is 1. The molecule has 0 bridgehead atoms. The molecule has 0 unspecified atom stereocenters. The molecule has 19 heavy (non-hydrogen) atoms. The molecule has 0 aliphatic rings. The third-order valence-corrected chi connectivity index (χ3v) is 4.61. The lowest BCUT2D eigenvalue weighted by Crippen LogP contribution is -2.13. The van der Waals surface area contributed by atoms with Crippen molar-refractivity contribution in [3.8, 4) is 6.07 Å². The fourth-order valence-corrected chi connectivity index (χ4v) is 2.78. The monoisotopic (exact) mass is 279 g/mol. The van der Waals surface area contributed by atoms with Crippen molar-refractivity contribution in [1.29, 1.82) is 5.26 Å². The highest BCUT2D eigenvalue weighted by Crippen LogP contribution is 2.18. The zero-order chi connectivity index (χ0) is 14.5. The van der Waals surface area contributed by atoms with Crippen molar-refractivity contribution < 1.29 is 13.2 Å². The summed E-state index contributed by atoms with van der Waals surface area (Å²) in [7, 11) is -3.56. The second kappa shape index (κ2) is 6.48. The van der Waals surface area contributed by atoms with Gasteiger partial charge in [-0.15, -0.1) is 0 Å². The molecule has 1 aromatic carbocycles. The molecule has 4 nitrogen and oxygen atoms in total. The molecule has 0 saturated carbocycles. The summed E-state index contributed by atoms with van der Waals surface area (Å²) in [4.78, 5) is 12.2. The molecule has 0 amide bonds. The lowest BCUT2D eigenvalue weighted by molar-refractivity contribution is 0.0913. The van der Waals surface area contributed by atoms with Crippen molar-refractivity contribution in [1.82, 2.24) is 0 Å². The van der Waals surface area contributed by atoms with Crippen LogP contribution in [-0.2, 0) is 9.84 Å². The second-order valence-corrected chi connectivity index (χ2v) is 6.31. The summed E-state index contributed by atoms with van der Waals surface area (Å²) in [6, 6.07) is 7.45. The first-order valence-corrected chi connectivity index (χ1v) is 7.85. The molecule has 1 rings (SSSR count). The van der Waals surface area contributed by atoms with Gasteiger partial charge in [0.1, 0.15) is 5.75 Å². The van der Waals surface area contributed by atoms with Gasteiger partial charge in [-0.3, -0.25) is 4.79 Å². The van der Waals surface area contributed by atoms with Crippen LogP contribution in [0.15, 0.2) is 29.2 Å². The Hall–Kier alpha value is -1.67. The first kappa shape index (κ1) is 15.4. The van der Waals surface area contributed by atoms with E-state index in [9.17, 15) is 13.2 Å². The van der Waals surface area contributed by atoms with E-state index in [1.54, 1.807) is 6.07 Å². The molecule has 5 heteroatoms. The van der Waals surface area contributed by atoms with Crippen LogP contribution in [0.1, 0.15) is 37.0 Å². The standard InChI is InChI=1S/C14H17NO3S/c1-3-11(4-2)14(16)12-5-7-13(8-6-12)19(17,18)10-9-15/h5-8,11H,3-4,10H2,1-2H3. The molecule has 0 spiro atoms. The van der Waals surface area contributed by atoms with E-state index in [1.807, 2.05) is 13.8 Å². The van der Waals surface area contributed by atoms with Crippen LogP contribution < -0.4 is 0 Å². The Morgan fingerprint density at radius 2 is 1.74 bits per heavy atom. The van der Waals surface area contributed by atoms with E-state index < -0.39 is 15.6 Å². The van der Waals surface area contributed by atoms with Gasteiger partial charge in [-0.1, -0.05) is 26.0 Å². The van der Waals surface area contributed by atoms with E-state index in [1.165, 1.54) is 24.3 Å². The van der Waals surface area contributed by atoms with Crippen LogP contribution in [-0.4, -0.2) is 20.0 Å². The minimum absolute atomic E-state index is 0.0263. The van der Waals surface area contributed by atoms with E-state index in [2.05, 4.69) is 0 Å². The summed E-state index contributed by atoms with van der Waals surface area (Å²) < 4.78 is 23.3. The van der Waals surface area contributed by atoms with Crippen LogP contribution in [0.2, 0.25) is 0 Å². The predicted octanol–water partition coefficient (Wildman–Crippen LogP) is 2.60. The van der Waals surface area contributed by atoms with Crippen molar-refractivity contribution in [2.75, 3.05) is 5.75 Å². The van der Waals surface area contributed by atoms with Gasteiger partial charge in [0, 0.05) is 11.5 Å². The number of rotatable bonds is 6. The molecular weight excluding hydrogens is 262 g/mol. The van der Waals surface area contributed by atoms with Crippen LogP contribution in [0.3, 0.4) is 0 Å². The molecule has 1 aromatic rings. The summed E-state index contributed by atoms with van der Waals surface area (Å²) in [6.07, 6.45) is 1.54. The topological polar surface area (TPSA) is 75.0 Å². The Morgan fingerprint density at radius 1 is 1.21 bits per heavy atom. The van der Waals surface area contributed by atoms with Crippen LogP contribution in [0.5, 0.6) is 0 Å². The van der Waals surface area contributed by atoms with Gasteiger partial charge in [0.25, 0.3) is 0 Å². The predicted molar refractivity (Wildman–Crippen MR) is 72.5 cm³/mol. The van der Waals surface area contributed by atoms with E-state index in [0.717, 1.165) is 12.8 Å². The van der Waals surface area contributed by atoms with Gasteiger partial charge in [-0.05, 0) is 25.0 Å². The van der Waals surface area contributed by atoms with Gasteiger partial charge in [-0.2, -0.15) is 5.26 Å². The number of nitriles is 1. The molecule has 0 heterocycles. The largest absolute Gasteiger partial charge is 0.294 e. The van der Waals surface area contributed by atoms with Crippen molar-refractivity contribution in [2.45, 2.75) is 31.6 Å². The molecule has 0 aliphatic heterocycles. The first-order valence-electron chi connectivity index (χ1n) is 6.20. The minimum Gasteiger partial charge on any atom is -0.294 e. The van der Waals surface area contributed by atoms with Gasteiger partial charge in [0.15, 0.2) is 15.6 Å². The number of nitrogens with zero attached hydrogens (tertiary/aromatic N) is 1. The maximum Gasteiger partial charge on any atom is 0.191 e. The Kier molecular flexibility index (Phi) is 5.25. The highest BCUT2D eigenvalue weighted by molar-refractivity contribution is 7.91. The number of benzene rings is 1. The second-order valence-electron chi connectivity index (χ2n) is 4.32. The van der Waals surface area contributed by atoms with Crippen LogP contribution in [0.25, 0.3) is 0 Å². The zero-order valence-corrected chi connectivity index (χ0v) is 11.9. The van der Waals surface area contributed by atoms with Gasteiger partial charge in [0.05, 0.1) is 11.0 Å². The molecule has 0 aromatic heterocycles. The lowest BCUT2D eigenvalue weighted by Gasteiger charge is -2.11. The van der Waals surface area contributed by atoms with Gasteiger partial charge < -0.3 is 0 Å². The molecular formula is C14H17NO3S. The Labute approximate surface area is 114 Å². The Bertz CT molecular complexity index is 578. The maximum absolute atomic E-state index is 12.1. The third kappa shape index (κ3) is 3.65. The highest BCUT2D eigenvalue weighted by atomic mass is 32.2. The Morgan fingerprint density at radius 3 is 2.16 bits per heavy atom. The molecule has 0 atom stereocenters. The average molecular weight is 279 g/mol. The van der Waals surface area contributed by atoms with Gasteiger partial charge in [-0.25, -0.2) is 8.42 Å². The summed E-state index contributed by atoms with van der Waals surface area (Å²) in [5, 5.41) is 8.46. The number of carbonyl (C=O) groups is 1. The fraction of sp³-hybridized carbons (Fsp3) is 0.429. The SMILES string of the molecule is CCC(CC)C(=O)c1ccc(S(=O)(=O)CC#N)cc1. The molecule has 0 fully saturated rings. The van der Waals surface area contributed by atoms with Crippen LogP contribution in [0.4, 0.5) is 0 Å². The summed E-state index contributed by atoms with van der Waals surface area (Å²) in [6.45, 7) is 3.91. The number of carbonyl (C=O) groups excluding carboxylic acids is 1. The normalized spacial score (nSPS) is 11.3. The minimum atomic E-state index is -3.56. The van der Waals surface area contributed by atoms with Gasteiger partial charge in [0.2, 0.25) is 0 Å². The number of sulfone groups is 1. The van der Waals surface area contributed by atoms with E-state index in [4.69, 9.17) is 5.26 Å². The van der Waals surface area contributed by atoms with E-state index in [0.29, 0.717) is 5.56 Å². The average Bonchev–Trinajstić information content (AvgIpc) is 2.40. The number of Topliss-reactive ketones (excluding diaryl/α,β-unsaturated/α-hetero) is 1. The Balaban J connectivity index is 3.01. The molecule has 0 N–H and O–H groups in total. The quantitative estimate of drug-likeness (QED) is 0.750. The lowest BCUT2D eigenvalue weighted by atomic mass is 9.93. The van der Waals surface area contributed by atoms with Gasteiger partial charge >= 0.3 is 0 Å². The summed E-state index contributed by atoms with van der Waals surface area (Å²) in [5.74, 6) is -0.539. The molecule has 0 radical (unpaired) electrons.